The Balaban J connectivity index is 1.76. The summed E-state index contributed by atoms with van der Waals surface area (Å²) < 4.78 is 42.5. The highest BCUT2D eigenvalue weighted by atomic mass is 19.1. The van der Waals surface area contributed by atoms with E-state index in [9.17, 15) is 18.3 Å². The SMILES string of the molecule is CN1C(CC(O)c2ccc(F)cc2F)=C(F)C=NC1Cn1cncn1. The molecule has 1 aliphatic heterocycles. The fourth-order valence-corrected chi connectivity index (χ4v) is 2.64. The predicted octanol–water partition coefficient (Wildman–Crippen LogP) is 2.20. The summed E-state index contributed by atoms with van der Waals surface area (Å²) in [6.45, 7) is 0.338. The number of rotatable bonds is 5. The first-order chi connectivity index (χ1) is 12.0. The number of likely N-dealkylation sites (N-methyl/N-ethyl adjacent to an activating group) is 1. The lowest BCUT2D eigenvalue weighted by atomic mass is 10.0. The molecule has 1 N–H and O–H groups in total. The van der Waals surface area contributed by atoms with Crippen LogP contribution in [0.25, 0.3) is 0 Å². The van der Waals surface area contributed by atoms with E-state index >= 15 is 0 Å². The lowest BCUT2D eigenvalue weighted by molar-refractivity contribution is 0.150. The molecule has 0 saturated heterocycles. The molecule has 3 rings (SSSR count). The minimum absolute atomic E-state index is 0.0922. The Morgan fingerprint density at radius 2 is 2.08 bits per heavy atom. The Hall–Kier alpha value is -2.68. The summed E-state index contributed by atoms with van der Waals surface area (Å²) in [7, 11) is 1.63. The van der Waals surface area contributed by atoms with Gasteiger partial charge in [-0.15, -0.1) is 0 Å². The summed E-state index contributed by atoms with van der Waals surface area (Å²) in [6, 6.07) is 2.88. The van der Waals surface area contributed by atoms with Crippen LogP contribution in [0.3, 0.4) is 0 Å². The molecule has 1 aromatic carbocycles. The number of aliphatic hydroxyl groups is 1. The molecule has 2 unspecified atom stereocenters. The van der Waals surface area contributed by atoms with Gasteiger partial charge in [-0.3, -0.25) is 4.99 Å². The normalized spacial score (nSPS) is 18.8. The fraction of sp³-hybridized carbons (Fsp3) is 0.312. The van der Waals surface area contributed by atoms with Crippen LogP contribution in [-0.2, 0) is 6.54 Å². The number of aliphatic hydroxyl groups excluding tert-OH is 1. The maximum Gasteiger partial charge on any atom is 0.160 e. The number of halogens is 3. The Morgan fingerprint density at radius 3 is 2.76 bits per heavy atom. The number of hydrogen-bond donors (Lipinski definition) is 1. The molecule has 132 valence electrons. The van der Waals surface area contributed by atoms with Gasteiger partial charge in [0.15, 0.2) is 5.83 Å². The van der Waals surface area contributed by atoms with Gasteiger partial charge in [0.1, 0.15) is 30.5 Å². The van der Waals surface area contributed by atoms with Crippen molar-refractivity contribution < 1.29 is 18.3 Å². The zero-order valence-corrected chi connectivity index (χ0v) is 13.4. The molecule has 0 saturated carbocycles. The van der Waals surface area contributed by atoms with E-state index in [4.69, 9.17) is 0 Å². The van der Waals surface area contributed by atoms with Crippen LogP contribution in [0.4, 0.5) is 13.2 Å². The van der Waals surface area contributed by atoms with E-state index in [-0.39, 0.29) is 17.7 Å². The summed E-state index contributed by atoms with van der Waals surface area (Å²) >= 11 is 0. The molecule has 0 bridgehead atoms. The molecule has 1 aliphatic rings. The molecule has 0 aliphatic carbocycles. The molecular formula is C16H16F3N5O. The summed E-state index contributed by atoms with van der Waals surface area (Å²) in [5, 5.41) is 14.2. The predicted molar refractivity (Wildman–Crippen MR) is 84.1 cm³/mol. The van der Waals surface area contributed by atoms with Crippen molar-refractivity contribution in [3.05, 3.63) is 59.6 Å². The number of allylic oxidation sites excluding steroid dienone is 1. The molecule has 0 radical (unpaired) electrons. The highest BCUT2D eigenvalue weighted by molar-refractivity contribution is 5.77. The van der Waals surface area contributed by atoms with E-state index in [2.05, 4.69) is 15.1 Å². The van der Waals surface area contributed by atoms with Gasteiger partial charge >= 0.3 is 0 Å². The van der Waals surface area contributed by atoms with Crippen LogP contribution in [0.15, 0.2) is 47.4 Å². The average Bonchev–Trinajstić information content (AvgIpc) is 3.07. The van der Waals surface area contributed by atoms with Crippen LogP contribution < -0.4 is 0 Å². The molecule has 1 aromatic heterocycles. The minimum Gasteiger partial charge on any atom is -0.388 e. The van der Waals surface area contributed by atoms with E-state index in [0.29, 0.717) is 12.6 Å². The summed E-state index contributed by atoms with van der Waals surface area (Å²) in [5.41, 5.74) is 0.0850. The van der Waals surface area contributed by atoms with Gasteiger partial charge in [-0.25, -0.2) is 22.8 Å². The van der Waals surface area contributed by atoms with E-state index in [1.165, 1.54) is 12.7 Å². The molecule has 2 heterocycles. The van der Waals surface area contributed by atoms with Gasteiger partial charge in [0, 0.05) is 25.1 Å². The van der Waals surface area contributed by atoms with Crippen LogP contribution in [0.2, 0.25) is 0 Å². The number of aromatic nitrogens is 3. The largest absolute Gasteiger partial charge is 0.388 e. The molecule has 0 amide bonds. The Bertz CT molecular complexity index is 806. The molecular weight excluding hydrogens is 335 g/mol. The third-order valence-electron chi connectivity index (χ3n) is 4.03. The second-order valence-corrected chi connectivity index (χ2v) is 5.67. The van der Waals surface area contributed by atoms with Gasteiger partial charge < -0.3 is 10.0 Å². The highest BCUT2D eigenvalue weighted by Crippen LogP contribution is 2.30. The van der Waals surface area contributed by atoms with Gasteiger partial charge in [0.2, 0.25) is 0 Å². The van der Waals surface area contributed by atoms with Gasteiger partial charge in [-0.05, 0) is 6.07 Å². The van der Waals surface area contributed by atoms with Crippen molar-refractivity contribution >= 4 is 6.21 Å². The Kier molecular flexibility index (Phi) is 4.84. The minimum atomic E-state index is -1.32. The van der Waals surface area contributed by atoms with Gasteiger partial charge in [0.25, 0.3) is 0 Å². The molecule has 2 aromatic rings. The first-order valence-corrected chi connectivity index (χ1v) is 7.56. The fourth-order valence-electron chi connectivity index (χ4n) is 2.64. The van der Waals surface area contributed by atoms with Crippen molar-refractivity contribution in [3.63, 3.8) is 0 Å². The van der Waals surface area contributed by atoms with Crippen molar-refractivity contribution in [2.45, 2.75) is 25.2 Å². The van der Waals surface area contributed by atoms with E-state index < -0.39 is 29.7 Å². The van der Waals surface area contributed by atoms with Crippen LogP contribution in [0.5, 0.6) is 0 Å². The smallest absolute Gasteiger partial charge is 0.160 e. The molecule has 0 fully saturated rings. The van der Waals surface area contributed by atoms with E-state index in [1.807, 2.05) is 0 Å². The Morgan fingerprint density at radius 1 is 1.28 bits per heavy atom. The molecule has 2 atom stereocenters. The summed E-state index contributed by atoms with van der Waals surface area (Å²) in [6.07, 6.45) is 2.03. The van der Waals surface area contributed by atoms with Gasteiger partial charge in [-0.2, -0.15) is 5.10 Å². The molecule has 6 nitrogen and oxygen atoms in total. The topological polar surface area (TPSA) is 66.5 Å². The van der Waals surface area contributed by atoms with Gasteiger partial charge in [0.05, 0.1) is 24.6 Å². The van der Waals surface area contributed by atoms with Gasteiger partial charge in [-0.1, -0.05) is 6.07 Å². The van der Waals surface area contributed by atoms with Crippen LogP contribution in [-0.4, -0.2) is 44.2 Å². The van der Waals surface area contributed by atoms with E-state index in [0.717, 1.165) is 18.3 Å². The standard InChI is InChI=1S/C16H16F3N5O/c1-23-14(5-15(25)11-3-2-10(17)4-12(11)18)13(19)6-21-16(23)7-24-9-20-8-22-24/h2-4,6,8-9,15-16,25H,5,7H2,1H3. The highest BCUT2D eigenvalue weighted by Gasteiger charge is 2.27. The third-order valence-corrected chi connectivity index (χ3v) is 4.03. The second kappa shape index (κ2) is 7.06. The number of hydrogen-bond acceptors (Lipinski definition) is 5. The summed E-state index contributed by atoms with van der Waals surface area (Å²) in [5.74, 6) is -2.23. The Labute approximate surface area is 141 Å². The van der Waals surface area contributed by atoms with E-state index in [1.54, 1.807) is 16.6 Å². The third kappa shape index (κ3) is 3.71. The van der Waals surface area contributed by atoms with Crippen molar-refractivity contribution in [1.82, 2.24) is 19.7 Å². The zero-order chi connectivity index (χ0) is 18.0. The number of benzene rings is 1. The van der Waals surface area contributed by atoms with Crippen molar-refractivity contribution in [2.75, 3.05) is 7.05 Å². The quantitative estimate of drug-likeness (QED) is 0.897. The lowest BCUT2D eigenvalue weighted by Gasteiger charge is -2.32. The van der Waals surface area contributed by atoms with Crippen molar-refractivity contribution in [2.24, 2.45) is 4.99 Å². The zero-order valence-electron chi connectivity index (χ0n) is 13.4. The van der Waals surface area contributed by atoms with Crippen LogP contribution in [0.1, 0.15) is 18.1 Å². The van der Waals surface area contributed by atoms with Crippen LogP contribution >= 0.6 is 0 Å². The lowest BCUT2D eigenvalue weighted by Crippen LogP contribution is -2.37. The first-order valence-electron chi connectivity index (χ1n) is 7.56. The molecule has 25 heavy (non-hydrogen) atoms. The summed E-state index contributed by atoms with van der Waals surface area (Å²) in [4.78, 5) is 9.49. The maximum atomic E-state index is 14.2. The number of aliphatic imine (C=N–C) groups is 1. The number of nitrogens with zero attached hydrogens (tertiary/aromatic N) is 5. The van der Waals surface area contributed by atoms with Crippen molar-refractivity contribution in [3.8, 4) is 0 Å². The molecule has 9 heteroatoms. The molecule has 0 spiro atoms. The average molecular weight is 351 g/mol. The second-order valence-electron chi connectivity index (χ2n) is 5.67. The maximum absolute atomic E-state index is 14.2. The first kappa shape index (κ1) is 17.2. The van der Waals surface area contributed by atoms with Crippen molar-refractivity contribution in [1.29, 1.82) is 0 Å². The monoisotopic (exact) mass is 351 g/mol. The van der Waals surface area contributed by atoms with Crippen LogP contribution in [0, 0.1) is 11.6 Å².